The van der Waals surface area contributed by atoms with Gasteiger partial charge in [0.1, 0.15) is 19.2 Å². The number of ether oxygens (including phenoxy) is 2. The summed E-state index contributed by atoms with van der Waals surface area (Å²) < 4.78 is 71.6. The van der Waals surface area contributed by atoms with E-state index in [9.17, 15) is 41.4 Å². The van der Waals surface area contributed by atoms with Crippen molar-refractivity contribution in [1.82, 2.24) is 4.90 Å². The van der Waals surface area contributed by atoms with Crippen molar-refractivity contribution in [2.45, 2.75) is 154 Å². The number of halogens is 5. The molecule has 0 aromatic heterocycles. The first kappa shape index (κ1) is 41.1. The van der Waals surface area contributed by atoms with Crippen LogP contribution in [0.1, 0.15) is 125 Å². The highest BCUT2D eigenvalue weighted by molar-refractivity contribution is 8.00. The zero-order chi connectivity index (χ0) is 37.3. The minimum absolute atomic E-state index is 0.118. The van der Waals surface area contributed by atoms with Gasteiger partial charge in [0.25, 0.3) is 0 Å². The molecule has 288 valence electrons. The van der Waals surface area contributed by atoms with Crippen molar-refractivity contribution in [3.63, 3.8) is 0 Å². The summed E-state index contributed by atoms with van der Waals surface area (Å²) >= 11 is 1.47. The summed E-state index contributed by atoms with van der Waals surface area (Å²) in [7, 11) is 0. The van der Waals surface area contributed by atoms with E-state index in [4.69, 9.17) is 4.74 Å². The van der Waals surface area contributed by atoms with E-state index in [1.807, 2.05) is 13.8 Å². The van der Waals surface area contributed by atoms with Crippen LogP contribution in [0.25, 0.3) is 0 Å². The number of alkyl halides is 5. The van der Waals surface area contributed by atoms with Crippen LogP contribution >= 0.6 is 11.8 Å². The van der Waals surface area contributed by atoms with Crippen molar-refractivity contribution >= 4 is 29.8 Å². The third kappa shape index (κ3) is 9.86. The molecule has 5 fully saturated rings. The molecule has 1 amide bonds. The number of aliphatic hydroxyl groups excluding tert-OH is 1. The minimum atomic E-state index is -5.43. The average molecular weight is 740 g/mol. The van der Waals surface area contributed by atoms with Crippen LogP contribution in [0.2, 0.25) is 0 Å². The van der Waals surface area contributed by atoms with Crippen LogP contribution in [0.4, 0.5) is 26.7 Å². The summed E-state index contributed by atoms with van der Waals surface area (Å²) in [6.45, 7) is 12.2. The molecule has 4 aliphatic carbocycles. The van der Waals surface area contributed by atoms with Gasteiger partial charge in [0, 0.05) is 11.2 Å². The molecule has 0 aromatic rings. The first-order chi connectivity index (χ1) is 23.1. The topological polar surface area (TPSA) is 93.1 Å². The summed E-state index contributed by atoms with van der Waals surface area (Å²) in [5, 5.41) is 10.6. The molecule has 50 heavy (non-hydrogen) atoms. The molecule has 0 spiro atoms. The summed E-state index contributed by atoms with van der Waals surface area (Å²) in [6.07, 6.45) is 4.09. The van der Waals surface area contributed by atoms with E-state index in [1.165, 1.54) is 37.4 Å². The fourth-order valence-electron chi connectivity index (χ4n) is 9.91. The molecule has 0 aromatic carbocycles. The Bertz CT molecular complexity index is 1200. The number of esters is 2. The van der Waals surface area contributed by atoms with Crippen molar-refractivity contribution in [1.29, 1.82) is 0 Å². The van der Waals surface area contributed by atoms with Crippen molar-refractivity contribution in [3.8, 4) is 0 Å². The molecule has 4 saturated carbocycles. The maximum absolute atomic E-state index is 12.7. The third-order valence-electron chi connectivity index (χ3n) is 12.7. The van der Waals surface area contributed by atoms with Crippen molar-refractivity contribution in [2.75, 3.05) is 18.8 Å². The maximum Gasteiger partial charge on any atom is 0.453 e. The van der Waals surface area contributed by atoms with Gasteiger partial charge in [-0.25, -0.2) is 14.4 Å². The van der Waals surface area contributed by atoms with Gasteiger partial charge in [-0.2, -0.15) is 33.7 Å². The number of rotatable bonds is 9. The first-order valence-corrected chi connectivity index (χ1v) is 19.5. The normalized spacial score (nSPS) is 33.4. The Hall–Kier alpha value is -1.63. The van der Waals surface area contributed by atoms with Crippen LogP contribution < -0.4 is 0 Å². The number of hydrogen-bond donors (Lipinski definition) is 1. The smallest absolute Gasteiger partial charge is 0.446 e. The Labute approximate surface area is 298 Å². The van der Waals surface area contributed by atoms with Gasteiger partial charge < -0.3 is 14.6 Å². The Balaban J connectivity index is 0.000000247. The highest BCUT2D eigenvalue weighted by atomic mass is 32.2. The Morgan fingerprint density at radius 2 is 1.58 bits per heavy atom. The molecular formula is C37H58F5NO6S. The number of carbonyl (C=O) groups is 3. The fraction of sp³-hybridized carbons (Fsp3) is 0.919. The van der Waals surface area contributed by atoms with Crippen LogP contribution in [0.15, 0.2) is 0 Å². The van der Waals surface area contributed by atoms with E-state index in [2.05, 4.69) is 32.4 Å². The van der Waals surface area contributed by atoms with E-state index in [0.717, 1.165) is 61.7 Å². The summed E-state index contributed by atoms with van der Waals surface area (Å²) in [5.74, 6) is -2.21. The van der Waals surface area contributed by atoms with E-state index >= 15 is 0 Å². The Morgan fingerprint density at radius 1 is 0.940 bits per heavy atom. The largest absolute Gasteiger partial charge is 0.453 e. The standard InChI is InChI=1S/C23H33NO6.C14H25F5S/c1-23-9-8-16-15-5-3-14(29-22(28)24-11-20(26)30-21(27)12-24)10-13(15)2-4-17(16)18(23)6-7-19(23)25;1-6-11(2,3)10-12(4,5)20-9-7-8-13(15,16)14(17,18)19/h13-19,25H,2-12H2,1H3;6-10H2,1-5H3. The molecule has 7 nitrogen and oxygen atoms in total. The fourth-order valence-corrected chi connectivity index (χ4v) is 11.2. The minimum Gasteiger partial charge on any atom is -0.446 e. The molecule has 1 heterocycles. The van der Waals surface area contributed by atoms with Gasteiger partial charge in [0.05, 0.1) is 6.10 Å². The molecule has 0 bridgehead atoms. The van der Waals surface area contributed by atoms with Crippen LogP contribution in [-0.4, -0.2) is 75.9 Å². The lowest BCUT2D eigenvalue weighted by Gasteiger charge is -2.55. The predicted octanol–water partition coefficient (Wildman–Crippen LogP) is 9.19. The van der Waals surface area contributed by atoms with Crippen molar-refractivity contribution in [3.05, 3.63) is 0 Å². The van der Waals surface area contributed by atoms with Gasteiger partial charge in [-0.3, -0.25) is 4.90 Å². The second-order valence-corrected chi connectivity index (χ2v) is 19.0. The molecule has 13 heteroatoms. The molecule has 5 rings (SSSR count). The molecule has 5 aliphatic rings. The SMILES string of the molecule is CC12CCC3C4CCC(OC(=O)N5CC(=O)OC(=O)C5)CC4CCC3C1CCC2O.CCC(C)(C)CC(C)(C)SCCCC(F)(F)C(F)(F)F. The number of aliphatic hydroxyl groups is 1. The van der Waals surface area contributed by atoms with E-state index in [1.54, 1.807) is 0 Å². The number of morpholine rings is 1. The number of nitrogens with zero attached hydrogens (tertiary/aromatic N) is 1. The van der Waals surface area contributed by atoms with Crippen LogP contribution in [0, 0.1) is 40.4 Å². The Morgan fingerprint density at radius 3 is 2.20 bits per heavy atom. The lowest BCUT2D eigenvalue weighted by Crippen LogP contribution is -2.50. The summed E-state index contributed by atoms with van der Waals surface area (Å²) in [5.41, 5.74) is 0.264. The van der Waals surface area contributed by atoms with Gasteiger partial charge in [0.15, 0.2) is 0 Å². The second kappa shape index (κ2) is 15.8. The number of fused-ring (bicyclic) bond motifs is 5. The second-order valence-electron chi connectivity index (χ2n) is 17.2. The monoisotopic (exact) mass is 739 g/mol. The lowest BCUT2D eigenvalue weighted by molar-refractivity contribution is -0.284. The lowest BCUT2D eigenvalue weighted by atomic mass is 9.50. The number of amides is 1. The quantitative estimate of drug-likeness (QED) is 0.109. The van der Waals surface area contributed by atoms with Gasteiger partial charge in [-0.15, -0.1) is 0 Å². The van der Waals surface area contributed by atoms with Crippen molar-refractivity contribution in [2.24, 2.45) is 40.4 Å². The van der Waals surface area contributed by atoms with Gasteiger partial charge in [0.2, 0.25) is 0 Å². The van der Waals surface area contributed by atoms with Crippen molar-refractivity contribution < 1.29 is 50.9 Å². The molecular weight excluding hydrogens is 681 g/mol. The number of hydrogen-bond acceptors (Lipinski definition) is 7. The predicted molar refractivity (Wildman–Crippen MR) is 182 cm³/mol. The third-order valence-corrected chi connectivity index (χ3v) is 14.1. The van der Waals surface area contributed by atoms with Crippen LogP contribution in [0.3, 0.4) is 0 Å². The average Bonchev–Trinajstić information content (AvgIpc) is 3.32. The van der Waals surface area contributed by atoms with E-state index in [-0.39, 0.29) is 47.3 Å². The summed E-state index contributed by atoms with van der Waals surface area (Å²) in [4.78, 5) is 36.4. The highest BCUT2D eigenvalue weighted by Gasteiger charge is 2.58. The summed E-state index contributed by atoms with van der Waals surface area (Å²) in [6, 6.07) is 0. The van der Waals surface area contributed by atoms with Gasteiger partial charge >= 0.3 is 30.1 Å². The first-order valence-electron chi connectivity index (χ1n) is 18.5. The molecule has 1 aliphatic heterocycles. The number of thioether (sulfide) groups is 1. The number of carbonyl (C=O) groups excluding carboxylic acids is 3. The van der Waals surface area contributed by atoms with Crippen LogP contribution in [0.5, 0.6) is 0 Å². The van der Waals surface area contributed by atoms with Gasteiger partial charge in [-0.05, 0) is 117 Å². The zero-order valence-corrected chi connectivity index (χ0v) is 31.4. The molecule has 1 N–H and O–H groups in total. The van der Waals surface area contributed by atoms with E-state index < -0.39 is 36.6 Å². The highest BCUT2D eigenvalue weighted by Crippen LogP contribution is 2.62. The Kier molecular flexibility index (Phi) is 13.0. The molecule has 1 saturated heterocycles. The molecule has 8 unspecified atom stereocenters. The number of cyclic esters (lactones) is 2. The van der Waals surface area contributed by atoms with Gasteiger partial charge in [-0.1, -0.05) is 48.0 Å². The van der Waals surface area contributed by atoms with E-state index in [0.29, 0.717) is 23.5 Å². The van der Waals surface area contributed by atoms with Crippen LogP contribution in [-0.2, 0) is 19.1 Å². The maximum atomic E-state index is 12.7. The molecule has 8 atom stereocenters. The molecule has 0 radical (unpaired) electrons. The zero-order valence-electron chi connectivity index (χ0n) is 30.6.